The van der Waals surface area contributed by atoms with Gasteiger partial charge in [-0.1, -0.05) is 26.0 Å². The quantitative estimate of drug-likeness (QED) is 0.894. The standard InChI is InChI=1S/C15H19FN2S/c1-10(2)8-17-9-14-18-11(3)15(19-14)12-5-4-6-13(16)7-12/h4-7,10,17H,8-9H2,1-3H3. The second-order valence-corrected chi connectivity index (χ2v) is 6.14. The van der Waals surface area contributed by atoms with Crippen LogP contribution >= 0.6 is 11.3 Å². The largest absolute Gasteiger partial charge is 0.310 e. The Labute approximate surface area is 117 Å². The Hall–Kier alpha value is -1.26. The van der Waals surface area contributed by atoms with E-state index in [0.717, 1.165) is 34.2 Å². The van der Waals surface area contributed by atoms with Crippen molar-refractivity contribution in [1.29, 1.82) is 0 Å². The van der Waals surface area contributed by atoms with Gasteiger partial charge in [0.1, 0.15) is 10.8 Å². The van der Waals surface area contributed by atoms with Gasteiger partial charge in [0.2, 0.25) is 0 Å². The first-order valence-corrected chi connectivity index (χ1v) is 7.31. The number of nitrogens with zero attached hydrogens (tertiary/aromatic N) is 1. The molecule has 1 heterocycles. The molecule has 102 valence electrons. The molecule has 2 aromatic rings. The first-order valence-electron chi connectivity index (χ1n) is 6.49. The van der Waals surface area contributed by atoms with Gasteiger partial charge in [0.25, 0.3) is 0 Å². The molecule has 4 heteroatoms. The molecule has 0 unspecified atom stereocenters. The van der Waals surface area contributed by atoms with Gasteiger partial charge >= 0.3 is 0 Å². The summed E-state index contributed by atoms with van der Waals surface area (Å²) < 4.78 is 13.3. The van der Waals surface area contributed by atoms with Gasteiger partial charge in [-0.15, -0.1) is 11.3 Å². The van der Waals surface area contributed by atoms with E-state index in [1.807, 2.05) is 13.0 Å². The van der Waals surface area contributed by atoms with Crippen LogP contribution in [0.1, 0.15) is 24.5 Å². The zero-order chi connectivity index (χ0) is 13.8. The molecule has 0 saturated carbocycles. The fraction of sp³-hybridized carbons (Fsp3) is 0.400. The number of halogens is 1. The molecular weight excluding hydrogens is 259 g/mol. The van der Waals surface area contributed by atoms with Crippen LogP contribution in [0.15, 0.2) is 24.3 Å². The Morgan fingerprint density at radius 3 is 2.84 bits per heavy atom. The number of nitrogens with one attached hydrogen (secondary N) is 1. The smallest absolute Gasteiger partial charge is 0.123 e. The highest BCUT2D eigenvalue weighted by atomic mass is 32.1. The van der Waals surface area contributed by atoms with Gasteiger partial charge in [0.05, 0.1) is 10.6 Å². The van der Waals surface area contributed by atoms with Crippen LogP contribution in [0.3, 0.4) is 0 Å². The molecule has 0 aliphatic carbocycles. The molecule has 0 amide bonds. The predicted octanol–water partition coefficient (Wildman–Crippen LogP) is 4.00. The van der Waals surface area contributed by atoms with E-state index in [-0.39, 0.29) is 5.82 Å². The zero-order valence-corrected chi connectivity index (χ0v) is 12.4. The van der Waals surface area contributed by atoms with Gasteiger partial charge < -0.3 is 5.32 Å². The van der Waals surface area contributed by atoms with E-state index in [1.165, 1.54) is 6.07 Å². The average Bonchev–Trinajstić information content (AvgIpc) is 2.70. The highest BCUT2D eigenvalue weighted by molar-refractivity contribution is 7.15. The van der Waals surface area contributed by atoms with Crippen molar-refractivity contribution >= 4 is 11.3 Å². The molecule has 1 N–H and O–H groups in total. The third-order valence-corrected chi connectivity index (χ3v) is 3.96. The van der Waals surface area contributed by atoms with Crippen LogP contribution in [0.2, 0.25) is 0 Å². The van der Waals surface area contributed by atoms with E-state index in [4.69, 9.17) is 0 Å². The van der Waals surface area contributed by atoms with E-state index in [2.05, 4.69) is 24.1 Å². The van der Waals surface area contributed by atoms with Crippen molar-refractivity contribution < 1.29 is 4.39 Å². The molecule has 0 atom stereocenters. The number of aromatic nitrogens is 1. The van der Waals surface area contributed by atoms with E-state index < -0.39 is 0 Å². The lowest BCUT2D eigenvalue weighted by atomic mass is 10.1. The molecule has 2 rings (SSSR count). The number of thiazole rings is 1. The normalized spacial score (nSPS) is 11.2. The van der Waals surface area contributed by atoms with E-state index in [0.29, 0.717) is 5.92 Å². The fourth-order valence-electron chi connectivity index (χ4n) is 1.89. The molecule has 1 aromatic carbocycles. The summed E-state index contributed by atoms with van der Waals surface area (Å²) in [6.45, 7) is 8.09. The maximum atomic E-state index is 13.3. The summed E-state index contributed by atoms with van der Waals surface area (Å²) in [7, 11) is 0. The van der Waals surface area contributed by atoms with Crippen molar-refractivity contribution in [3.8, 4) is 10.4 Å². The second kappa shape index (κ2) is 6.26. The van der Waals surface area contributed by atoms with Crippen LogP contribution < -0.4 is 5.32 Å². The van der Waals surface area contributed by atoms with Crippen LogP contribution in [-0.4, -0.2) is 11.5 Å². The molecular formula is C15H19FN2S. The lowest BCUT2D eigenvalue weighted by Crippen LogP contribution is -2.18. The topological polar surface area (TPSA) is 24.9 Å². The summed E-state index contributed by atoms with van der Waals surface area (Å²) in [4.78, 5) is 5.60. The van der Waals surface area contributed by atoms with Crippen molar-refractivity contribution in [1.82, 2.24) is 10.3 Å². The minimum atomic E-state index is -0.204. The SMILES string of the molecule is Cc1nc(CNCC(C)C)sc1-c1cccc(F)c1. The highest BCUT2D eigenvalue weighted by Crippen LogP contribution is 2.30. The molecule has 0 radical (unpaired) electrons. The van der Waals surface area contributed by atoms with Crippen molar-refractivity contribution in [2.75, 3.05) is 6.54 Å². The van der Waals surface area contributed by atoms with E-state index in [1.54, 1.807) is 23.5 Å². The number of aryl methyl sites for hydroxylation is 1. The van der Waals surface area contributed by atoms with E-state index in [9.17, 15) is 4.39 Å². The van der Waals surface area contributed by atoms with Gasteiger partial charge in [-0.3, -0.25) is 0 Å². The Morgan fingerprint density at radius 1 is 1.37 bits per heavy atom. The monoisotopic (exact) mass is 278 g/mol. The summed E-state index contributed by atoms with van der Waals surface area (Å²) in [6, 6.07) is 6.69. The van der Waals surface area contributed by atoms with Crippen molar-refractivity contribution in [3.05, 3.63) is 40.8 Å². The summed E-state index contributed by atoms with van der Waals surface area (Å²) in [5.74, 6) is 0.425. The maximum absolute atomic E-state index is 13.3. The Balaban J connectivity index is 2.12. The van der Waals surface area contributed by atoms with Crippen LogP contribution in [0, 0.1) is 18.7 Å². The van der Waals surface area contributed by atoms with Crippen LogP contribution in [0.4, 0.5) is 4.39 Å². The molecule has 0 saturated heterocycles. The summed E-state index contributed by atoms with van der Waals surface area (Å²) in [5, 5.41) is 4.43. The fourth-order valence-corrected chi connectivity index (χ4v) is 2.92. The van der Waals surface area contributed by atoms with Gasteiger partial charge in [-0.05, 0) is 37.1 Å². The minimum absolute atomic E-state index is 0.204. The van der Waals surface area contributed by atoms with Crippen molar-refractivity contribution in [2.24, 2.45) is 5.92 Å². The van der Waals surface area contributed by atoms with Gasteiger partial charge in [0.15, 0.2) is 0 Å². The number of rotatable bonds is 5. The molecule has 0 aliphatic heterocycles. The van der Waals surface area contributed by atoms with Crippen molar-refractivity contribution in [2.45, 2.75) is 27.3 Å². The first kappa shape index (κ1) is 14.2. The molecule has 19 heavy (non-hydrogen) atoms. The predicted molar refractivity (Wildman–Crippen MR) is 78.8 cm³/mol. The third-order valence-electron chi connectivity index (χ3n) is 2.76. The Morgan fingerprint density at radius 2 is 2.16 bits per heavy atom. The van der Waals surface area contributed by atoms with E-state index >= 15 is 0 Å². The van der Waals surface area contributed by atoms with Crippen LogP contribution in [0.25, 0.3) is 10.4 Å². The third kappa shape index (κ3) is 3.85. The molecule has 2 nitrogen and oxygen atoms in total. The van der Waals surface area contributed by atoms with Crippen LogP contribution in [0.5, 0.6) is 0 Å². The summed E-state index contributed by atoms with van der Waals surface area (Å²) in [5.41, 5.74) is 1.88. The average molecular weight is 278 g/mol. The van der Waals surface area contributed by atoms with Crippen molar-refractivity contribution in [3.63, 3.8) is 0 Å². The molecule has 0 bridgehead atoms. The maximum Gasteiger partial charge on any atom is 0.123 e. The summed E-state index contributed by atoms with van der Waals surface area (Å²) in [6.07, 6.45) is 0. The second-order valence-electron chi connectivity index (χ2n) is 5.06. The van der Waals surface area contributed by atoms with Crippen LogP contribution in [-0.2, 0) is 6.54 Å². The van der Waals surface area contributed by atoms with Gasteiger partial charge in [0, 0.05) is 6.54 Å². The number of hydrogen-bond donors (Lipinski definition) is 1. The lowest BCUT2D eigenvalue weighted by Gasteiger charge is -2.04. The Bertz CT molecular complexity index is 549. The zero-order valence-electron chi connectivity index (χ0n) is 11.5. The van der Waals surface area contributed by atoms with Gasteiger partial charge in [-0.25, -0.2) is 9.37 Å². The lowest BCUT2D eigenvalue weighted by molar-refractivity contribution is 0.551. The number of benzene rings is 1. The minimum Gasteiger partial charge on any atom is -0.310 e. The van der Waals surface area contributed by atoms with Gasteiger partial charge in [-0.2, -0.15) is 0 Å². The molecule has 0 spiro atoms. The summed E-state index contributed by atoms with van der Waals surface area (Å²) >= 11 is 1.63. The molecule has 1 aromatic heterocycles. The first-order chi connectivity index (χ1) is 9.06. The number of hydrogen-bond acceptors (Lipinski definition) is 3. The molecule has 0 aliphatic rings. The Kier molecular flexibility index (Phi) is 4.66. The highest BCUT2D eigenvalue weighted by Gasteiger charge is 2.10. The molecule has 0 fully saturated rings.